The first-order chi connectivity index (χ1) is 15.0. The molecule has 0 aliphatic carbocycles. The Morgan fingerprint density at radius 3 is 2.45 bits per heavy atom. The molecule has 3 aromatic carbocycles. The molecule has 0 spiro atoms. The fourth-order valence-corrected chi connectivity index (χ4v) is 3.22. The maximum Gasteiger partial charge on any atom is 0.336 e. The van der Waals surface area contributed by atoms with Gasteiger partial charge in [0, 0.05) is 17.3 Å². The third-order valence-electron chi connectivity index (χ3n) is 4.71. The predicted octanol–water partition coefficient (Wildman–Crippen LogP) is 5.34. The van der Waals surface area contributed by atoms with E-state index in [4.69, 9.17) is 4.42 Å². The van der Waals surface area contributed by atoms with Crippen molar-refractivity contribution in [1.82, 2.24) is 0 Å². The highest BCUT2D eigenvalue weighted by atomic mass is 16.4. The number of fused-ring (bicyclic) bond motifs is 1. The lowest BCUT2D eigenvalue weighted by atomic mass is 10.1. The average Bonchev–Trinajstić information content (AvgIpc) is 3.25. The van der Waals surface area contributed by atoms with E-state index >= 15 is 0 Å². The van der Waals surface area contributed by atoms with E-state index in [0.29, 0.717) is 17.0 Å². The Morgan fingerprint density at radius 2 is 1.68 bits per heavy atom. The zero-order valence-electron chi connectivity index (χ0n) is 16.2. The summed E-state index contributed by atoms with van der Waals surface area (Å²) in [5.74, 6) is -1.05. The van der Waals surface area contributed by atoms with Crippen molar-refractivity contribution in [2.75, 3.05) is 5.32 Å². The molecule has 0 aliphatic rings. The molecule has 1 heterocycles. The van der Waals surface area contributed by atoms with Gasteiger partial charge in [0.15, 0.2) is 0 Å². The van der Waals surface area contributed by atoms with Crippen LogP contribution in [0.15, 0.2) is 88.9 Å². The van der Waals surface area contributed by atoms with Crippen molar-refractivity contribution >= 4 is 34.4 Å². The molecule has 0 unspecified atom stereocenters. The van der Waals surface area contributed by atoms with Crippen molar-refractivity contribution in [3.63, 3.8) is 0 Å². The van der Waals surface area contributed by atoms with E-state index < -0.39 is 11.9 Å². The molecule has 0 aliphatic heterocycles. The van der Waals surface area contributed by atoms with Crippen LogP contribution in [0.4, 0.5) is 5.69 Å². The van der Waals surface area contributed by atoms with E-state index in [9.17, 15) is 20.0 Å². The summed E-state index contributed by atoms with van der Waals surface area (Å²) in [6, 6.07) is 24.7. The third-order valence-corrected chi connectivity index (χ3v) is 4.71. The number of nitriles is 1. The number of carbonyl (C=O) groups is 2. The fraction of sp³-hybridized carbons (Fsp3) is 0. The second-order valence-electron chi connectivity index (χ2n) is 6.74. The van der Waals surface area contributed by atoms with Crippen LogP contribution in [0.2, 0.25) is 0 Å². The van der Waals surface area contributed by atoms with Gasteiger partial charge in [-0.05, 0) is 41.1 Å². The number of furan rings is 1. The summed E-state index contributed by atoms with van der Waals surface area (Å²) in [7, 11) is 0. The van der Waals surface area contributed by atoms with Crippen LogP contribution in [0.3, 0.4) is 0 Å². The predicted molar refractivity (Wildman–Crippen MR) is 117 cm³/mol. The molecule has 6 heteroatoms. The monoisotopic (exact) mass is 408 g/mol. The van der Waals surface area contributed by atoms with Gasteiger partial charge >= 0.3 is 5.97 Å². The van der Waals surface area contributed by atoms with Gasteiger partial charge < -0.3 is 14.8 Å². The van der Waals surface area contributed by atoms with Crippen molar-refractivity contribution < 1.29 is 19.1 Å². The molecule has 0 atom stereocenters. The first-order valence-corrected chi connectivity index (χ1v) is 9.39. The van der Waals surface area contributed by atoms with E-state index in [1.54, 1.807) is 36.4 Å². The van der Waals surface area contributed by atoms with E-state index in [1.165, 1.54) is 12.1 Å². The topological polar surface area (TPSA) is 103 Å². The minimum atomic E-state index is -1.07. The van der Waals surface area contributed by atoms with Gasteiger partial charge in [-0.15, -0.1) is 0 Å². The zero-order chi connectivity index (χ0) is 21.8. The van der Waals surface area contributed by atoms with E-state index in [-0.39, 0.29) is 16.9 Å². The molecule has 2 N–H and O–H groups in total. The van der Waals surface area contributed by atoms with Crippen molar-refractivity contribution in [3.05, 3.63) is 95.8 Å². The molecule has 0 fully saturated rings. The summed E-state index contributed by atoms with van der Waals surface area (Å²) in [6.45, 7) is 0. The number of carbonyl (C=O) groups excluding carboxylic acids is 1. The summed E-state index contributed by atoms with van der Waals surface area (Å²) in [4.78, 5) is 24.0. The molecule has 1 aromatic heterocycles. The van der Waals surface area contributed by atoms with Gasteiger partial charge in [-0.25, -0.2) is 4.79 Å². The van der Waals surface area contributed by atoms with E-state index in [0.717, 1.165) is 10.8 Å². The Balaban J connectivity index is 1.58. The normalized spacial score (nSPS) is 11.1. The van der Waals surface area contributed by atoms with Crippen LogP contribution >= 0.6 is 0 Å². The molecule has 1 amide bonds. The molecule has 6 nitrogen and oxygen atoms in total. The number of carboxylic acids is 1. The Labute approximate surface area is 177 Å². The second kappa shape index (κ2) is 8.39. The zero-order valence-corrected chi connectivity index (χ0v) is 16.2. The maximum atomic E-state index is 12.6. The van der Waals surface area contributed by atoms with Crippen molar-refractivity contribution in [2.45, 2.75) is 0 Å². The SMILES string of the molecule is N#CC(=Cc1ccc(-c2ccccc2C(=O)O)o1)C(=O)Nc1ccc2ccccc2c1. The van der Waals surface area contributed by atoms with Gasteiger partial charge in [-0.3, -0.25) is 4.79 Å². The molecule has 4 aromatic rings. The minimum absolute atomic E-state index is 0.0990. The second-order valence-corrected chi connectivity index (χ2v) is 6.74. The molecular formula is C25H16N2O4. The molecule has 31 heavy (non-hydrogen) atoms. The van der Waals surface area contributed by atoms with Gasteiger partial charge in [0.25, 0.3) is 5.91 Å². The minimum Gasteiger partial charge on any atom is -0.478 e. The van der Waals surface area contributed by atoms with Crippen LogP contribution in [-0.2, 0) is 4.79 Å². The van der Waals surface area contributed by atoms with Crippen molar-refractivity contribution in [2.24, 2.45) is 0 Å². The van der Waals surface area contributed by atoms with E-state index in [2.05, 4.69) is 5.32 Å². The van der Waals surface area contributed by atoms with Gasteiger partial charge in [0.2, 0.25) is 0 Å². The molecule has 0 radical (unpaired) electrons. The Bertz CT molecular complexity index is 1380. The summed E-state index contributed by atoms with van der Waals surface area (Å²) in [5, 5.41) is 23.5. The number of nitrogens with zero attached hydrogens (tertiary/aromatic N) is 1. The Kier molecular flexibility index (Phi) is 5.33. The fourth-order valence-electron chi connectivity index (χ4n) is 3.22. The van der Waals surface area contributed by atoms with Crippen LogP contribution in [0, 0.1) is 11.3 Å². The smallest absolute Gasteiger partial charge is 0.336 e. The van der Waals surface area contributed by atoms with Gasteiger partial charge in [0.05, 0.1) is 5.56 Å². The highest BCUT2D eigenvalue weighted by Gasteiger charge is 2.15. The lowest BCUT2D eigenvalue weighted by molar-refractivity contribution is -0.112. The lowest BCUT2D eigenvalue weighted by Gasteiger charge is -2.06. The number of rotatable bonds is 5. The first-order valence-electron chi connectivity index (χ1n) is 9.39. The van der Waals surface area contributed by atoms with Gasteiger partial charge in [-0.1, -0.05) is 48.5 Å². The molecular weight excluding hydrogens is 392 g/mol. The quantitative estimate of drug-likeness (QED) is 0.342. The number of amides is 1. The van der Waals surface area contributed by atoms with Crippen molar-refractivity contribution in [3.8, 4) is 17.4 Å². The summed E-state index contributed by atoms with van der Waals surface area (Å²) in [6.07, 6.45) is 1.32. The van der Waals surface area contributed by atoms with Crippen LogP contribution in [0.1, 0.15) is 16.1 Å². The molecule has 0 saturated heterocycles. The summed E-state index contributed by atoms with van der Waals surface area (Å²) < 4.78 is 5.68. The third kappa shape index (κ3) is 4.21. The van der Waals surface area contributed by atoms with Crippen LogP contribution in [-0.4, -0.2) is 17.0 Å². The molecule has 0 bridgehead atoms. The molecule has 4 rings (SSSR count). The van der Waals surface area contributed by atoms with Crippen LogP contribution in [0.5, 0.6) is 0 Å². The van der Waals surface area contributed by atoms with Crippen LogP contribution in [0.25, 0.3) is 28.2 Å². The number of hydrogen-bond donors (Lipinski definition) is 2. The Morgan fingerprint density at radius 1 is 0.935 bits per heavy atom. The number of carboxylic acid groups (broad SMARTS) is 1. The number of benzene rings is 3. The van der Waals surface area contributed by atoms with Crippen LogP contribution < -0.4 is 5.32 Å². The van der Waals surface area contributed by atoms with Crippen molar-refractivity contribution in [1.29, 1.82) is 5.26 Å². The Hall–Kier alpha value is -4.63. The number of nitrogens with one attached hydrogen (secondary N) is 1. The average molecular weight is 408 g/mol. The number of aromatic carboxylic acids is 1. The summed E-state index contributed by atoms with van der Waals surface area (Å²) in [5.41, 5.74) is 0.941. The van der Waals surface area contributed by atoms with E-state index in [1.807, 2.05) is 42.5 Å². The summed E-state index contributed by atoms with van der Waals surface area (Å²) >= 11 is 0. The number of anilines is 1. The van der Waals surface area contributed by atoms with Gasteiger partial charge in [-0.2, -0.15) is 5.26 Å². The first kappa shape index (κ1) is 19.7. The number of hydrogen-bond acceptors (Lipinski definition) is 4. The molecule has 0 saturated carbocycles. The lowest BCUT2D eigenvalue weighted by Crippen LogP contribution is -2.13. The van der Waals surface area contributed by atoms with Gasteiger partial charge in [0.1, 0.15) is 23.2 Å². The highest BCUT2D eigenvalue weighted by molar-refractivity contribution is 6.10. The molecule has 150 valence electrons. The largest absolute Gasteiger partial charge is 0.478 e. The highest BCUT2D eigenvalue weighted by Crippen LogP contribution is 2.27. The standard InChI is InChI=1S/C25H16N2O4/c26-15-18(24(28)27-19-10-9-16-5-1-2-6-17(16)13-19)14-20-11-12-23(31-20)21-7-3-4-8-22(21)25(29)30/h1-14H,(H,27,28)(H,29,30). The maximum absolute atomic E-state index is 12.6.